The maximum Gasteiger partial charge on any atom is 0.122 e. The Labute approximate surface area is 197 Å². The van der Waals surface area contributed by atoms with Gasteiger partial charge in [0, 0.05) is 37.3 Å². The predicted molar refractivity (Wildman–Crippen MR) is 133 cm³/mol. The van der Waals surface area contributed by atoms with Gasteiger partial charge in [-0.25, -0.2) is 0 Å². The molecule has 0 amide bonds. The smallest absolute Gasteiger partial charge is 0.122 e. The van der Waals surface area contributed by atoms with Crippen LogP contribution in [0.1, 0.15) is 24.0 Å². The lowest BCUT2D eigenvalue weighted by Crippen LogP contribution is -2.40. The monoisotopic (exact) mass is 448 g/mol. The van der Waals surface area contributed by atoms with Gasteiger partial charge in [-0.05, 0) is 74.7 Å². The van der Waals surface area contributed by atoms with Gasteiger partial charge < -0.3 is 19.3 Å². The molecule has 1 saturated heterocycles. The molecular weight excluding hydrogens is 412 g/mol. The second-order valence-corrected chi connectivity index (χ2v) is 9.07. The van der Waals surface area contributed by atoms with Crippen molar-refractivity contribution in [3.8, 4) is 22.8 Å². The van der Waals surface area contributed by atoms with Gasteiger partial charge in [-0.3, -0.25) is 5.10 Å². The van der Waals surface area contributed by atoms with Crippen LogP contribution in [0, 0.1) is 5.92 Å². The van der Waals surface area contributed by atoms with Crippen molar-refractivity contribution < 1.29 is 9.47 Å². The van der Waals surface area contributed by atoms with Crippen LogP contribution < -0.4 is 9.47 Å². The zero-order chi connectivity index (χ0) is 23.0. The van der Waals surface area contributed by atoms with E-state index in [1.165, 1.54) is 30.5 Å². The standard InChI is InChI=1S/C27H36N4O2/c1-30(20-24-17-28-29-27(24)23-10-12-25(32-2)13-11-23)18-21-7-6-15-31(19-21)16-14-22-8-4-5-9-26(22)33-3/h4-5,8-13,17,21H,6-7,14-16,18-20H2,1-3H3,(H,28,29)/t21-/m1/s1. The van der Waals surface area contributed by atoms with Crippen LogP contribution in [0.4, 0.5) is 0 Å². The number of aromatic amines is 1. The van der Waals surface area contributed by atoms with Crippen molar-refractivity contribution in [2.45, 2.75) is 25.8 Å². The first-order valence-electron chi connectivity index (χ1n) is 11.9. The van der Waals surface area contributed by atoms with Crippen molar-refractivity contribution in [2.75, 3.05) is 47.4 Å². The molecule has 0 saturated carbocycles. The average molecular weight is 449 g/mol. The molecule has 0 unspecified atom stereocenters. The number of H-pyrrole nitrogens is 1. The van der Waals surface area contributed by atoms with Crippen LogP contribution in [0.3, 0.4) is 0 Å². The van der Waals surface area contributed by atoms with Gasteiger partial charge in [0.15, 0.2) is 0 Å². The molecule has 1 fully saturated rings. The number of aromatic nitrogens is 2. The van der Waals surface area contributed by atoms with Gasteiger partial charge in [-0.1, -0.05) is 18.2 Å². The topological polar surface area (TPSA) is 53.6 Å². The first kappa shape index (κ1) is 23.3. The normalized spacial score (nSPS) is 16.8. The Morgan fingerprint density at radius 3 is 2.67 bits per heavy atom. The third kappa shape index (κ3) is 6.15. The van der Waals surface area contributed by atoms with Crippen LogP contribution in [-0.4, -0.2) is 67.4 Å². The Kier molecular flexibility index (Phi) is 8.02. The van der Waals surface area contributed by atoms with Crippen LogP contribution in [0.15, 0.2) is 54.7 Å². The van der Waals surface area contributed by atoms with E-state index < -0.39 is 0 Å². The molecule has 6 nitrogen and oxygen atoms in total. The molecule has 1 atom stereocenters. The first-order valence-corrected chi connectivity index (χ1v) is 11.9. The molecule has 4 rings (SSSR count). The molecule has 33 heavy (non-hydrogen) atoms. The predicted octanol–water partition coefficient (Wildman–Crippen LogP) is 4.48. The fourth-order valence-electron chi connectivity index (χ4n) is 4.93. The summed E-state index contributed by atoms with van der Waals surface area (Å²) in [5.41, 5.74) is 4.75. The fraction of sp³-hybridized carbons (Fsp3) is 0.444. The Morgan fingerprint density at radius 1 is 1.06 bits per heavy atom. The molecule has 0 bridgehead atoms. The van der Waals surface area contributed by atoms with E-state index >= 15 is 0 Å². The lowest BCUT2D eigenvalue weighted by Gasteiger charge is -2.34. The van der Waals surface area contributed by atoms with Gasteiger partial charge in [0.1, 0.15) is 11.5 Å². The van der Waals surface area contributed by atoms with Gasteiger partial charge in [0.05, 0.1) is 26.1 Å². The van der Waals surface area contributed by atoms with Gasteiger partial charge in [0.2, 0.25) is 0 Å². The summed E-state index contributed by atoms with van der Waals surface area (Å²) in [5.74, 6) is 2.56. The SMILES string of the molecule is COc1ccc(-c2[nH]ncc2CN(C)C[C@H]2CCCN(CCc3ccccc3OC)C2)cc1. The fourth-order valence-corrected chi connectivity index (χ4v) is 4.93. The minimum Gasteiger partial charge on any atom is -0.497 e. The van der Waals surface area contributed by atoms with E-state index in [-0.39, 0.29) is 0 Å². The zero-order valence-corrected chi connectivity index (χ0v) is 20.1. The van der Waals surface area contributed by atoms with Crippen LogP contribution in [0.5, 0.6) is 11.5 Å². The van der Waals surface area contributed by atoms with Crippen LogP contribution in [0.25, 0.3) is 11.3 Å². The molecule has 1 aliphatic rings. The highest BCUT2D eigenvalue weighted by Gasteiger charge is 2.22. The van der Waals surface area contributed by atoms with Gasteiger partial charge in [-0.15, -0.1) is 0 Å². The van der Waals surface area contributed by atoms with Crippen molar-refractivity contribution in [3.63, 3.8) is 0 Å². The number of piperidine rings is 1. The van der Waals surface area contributed by atoms with Crippen LogP contribution in [-0.2, 0) is 13.0 Å². The highest BCUT2D eigenvalue weighted by molar-refractivity contribution is 5.63. The molecule has 0 spiro atoms. The summed E-state index contributed by atoms with van der Waals surface area (Å²) in [5, 5.41) is 7.50. The summed E-state index contributed by atoms with van der Waals surface area (Å²) in [6.07, 6.45) is 5.56. The van der Waals surface area contributed by atoms with Gasteiger partial charge in [-0.2, -0.15) is 5.10 Å². The Balaban J connectivity index is 1.30. The molecule has 1 aliphatic heterocycles. The van der Waals surface area contributed by atoms with E-state index in [0.29, 0.717) is 5.92 Å². The second-order valence-electron chi connectivity index (χ2n) is 9.07. The molecule has 2 aromatic carbocycles. The number of hydrogen-bond acceptors (Lipinski definition) is 5. The number of methoxy groups -OCH3 is 2. The third-order valence-electron chi connectivity index (χ3n) is 6.60. The number of nitrogens with zero attached hydrogens (tertiary/aromatic N) is 3. The Morgan fingerprint density at radius 2 is 1.88 bits per heavy atom. The molecule has 1 aromatic heterocycles. The van der Waals surface area contributed by atoms with Gasteiger partial charge in [0.25, 0.3) is 0 Å². The summed E-state index contributed by atoms with van der Waals surface area (Å²) >= 11 is 0. The van der Waals surface area contributed by atoms with E-state index in [9.17, 15) is 0 Å². The zero-order valence-electron chi connectivity index (χ0n) is 20.1. The number of likely N-dealkylation sites (tertiary alicyclic amines) is 1. The van der Waals surface area contributed by atoms with Crippen molar-refractivity contribution in [1.29, 1.82) is 0 Å². The van der Waals surface area contributed by atoms with E-state index in [0.717, 1.165) is 55.4 Å². The number of ether oxygens (including phenoxy) is 2. The lowest BCUT2D eigenvalue weighted by molar-refractivity contribution is 0.142. The largest absolute Gasteiger partial charge is 0.497 e. The molecule has 3 aromatic rings. The highest BCUT2D eigenvalue weighted by Crippen LogP contribution is 2.26. The summed E-state index contributed by atoms with van der Waals surface area (Å²) in [6, 6.07) is 16.5. The van der Waals surface area contributed by atoms with E-state index in [1.807, 2.05) is 24.4 Å². The van der Waals surface area contributed by atoms with Crippen molar-refractivity contribution in [3.05, 3.63) is 65.9 Å². The highest BCUT2D eigenvalue weighted by atomic mass is 16.5. The molecule has 1 N–H and O–H groups in total. The Bertz CT molecular complexity index is 1000. The van der Waals surface area contributed by atoms with Crippen molar-refractivity contribution >= 4 is 0 Å². The van der Waals surface area contributed by atoms with Crippen LogP contribution in [0.2, 0.25) is 0 Å². The molecule has 0 radical (unpaired) electrons. The number of rotatable bonds is 10. The average Bonchev–Trinajstić information content (AvgIpc) is 3.31. The molecule has 176 valence electrons. The van der Waals surface area contributed by atoms with Gasteiger partial charge >= 0.3 is 0 Å². The third-order valence-corrected chi connectivity index (χ3v) is 6.60. The molecular formula is C27H36N4O2. The van der Waals surface area contributed by atoms with E-state index in [1.54, 1.807) is 14.2 Å². The second kappa shape index (κ2) is 11.3. The van der Waals surface area contributed by atoms with Crippen molar-refractivity contribution in [2.24, 2.45) is 5.92 Å². The quantitative estimate of drug-likeness (QED) is 0.496. The number of hydrogen-bond donors (Lipinski definition) is 1. The maximum absolute atomic E-state index is 5.52. The van der Waals surface area contributed by atoms with Crippen molar-refractivity contribution in [1.82, 2.24) is 20.0 Å². The number of benzene rings is 2. The van der Waals surface area contributed by atoms with E-state index in [2.05, 4.69) is 57.4 Å². The summed E-state index contributed by atoms with van der Waals surface area (Å²) in [4.78, 5) is 5.06. The molecule has 2 heterocycles. The maximum atomic E-state index is 5.52. The number of nitrogens with one attached hydrogen (secondary N) is 1. The lowest BCUT2D eigenvalue weighted by atomic mass is 9.96. The van der Waals surface area contributed by atoms with Crippen LogP contribution >= 0.6 is 0 Å². The minimum absolute atomic E-state index is 0.692. The summed E-state index contributed by atoms with van der Waals surface area (Å²) in [6.45, 7) is 5.42. The number of para-hydroxylation sites is 1. The summed E-state index contributed by atoms with van der Waals surface area (Å²) < 4.78 is 10.8. The Hall–Kier alpha value is -2.83. The first-order chi connectivity index (χ1) is 16.2. The molecule has 6 heteroatoms. The molecule has 0 aliphatic carbocycles. The minimum atomic E-state index is 0.692. The van der Waals surface area contributed by atoms with E-state index in [4.69, 9.17) is 9.47 Å². The summed E-state index contributed by atoms with van der Waals surface area (Å²) in [7, 11) is 5.67.